The maximum absolute atomic E-state index is 5.51. The van der Waals surface area contributed by atoms with Gasteiger partial charge in [-0.1, -0.05) is 38.0 Å². The average molecular weight is 235 g/mol. The number of nitrogens with two attached hydrogens (primary N) is 1. The summed E-state index contributed by atoms with van der Waals surface area (Å²) in [5, 5.41) is 0. The molecule has 1 aromatic rings. The molecule has 0 bridgehead atoms. The van der Waals surface area contributed by atoms with Crippen LogP contribution < -0.4 is 10.5 Å². The smallest absolute Gasteiger partial charge is 0.119 e. The number of benzene rings is 1. The van der Waals surface area contributed by atoms with E-state index in [-0.39, 0.29) is 0 Å². The van der Waals surface area contributed by atoms with Gasteiger partial charge in [-0.2, -0.15) is 0 Å². The zero-order valence-corrected chi connectivity index (χ0v) is 10.9. The van der Waals surface area contributed by atoms with Gasteiger partial charge in [-0.05, 0) is 43.9 Å². The van der Waals surface area contributed by atoms with Crippen LogP contribution in [0.15, 0.2) is 30.3 Å². The molecule has 1 saturated carbocycles. The number of hydrogen-bond acceptors (Lipinski definition) is 2. The summed E-state index contributed by atoms with van der Waals surface area (Å²) in [5.41, 5.74) is 5.23. The Labute approximate surface area is 105 Å². The van der Waals surface area contributed by atoms with Gasteiger partial charge in [0.25, 0.3) is 0 Å². The van der Waals surface area contributed by atoms with Gasteiger partial charge < -0.3 is 10.5 Å². The Morgan fingerprint density at radius 2 is 1.88 bits per heavy atom. The third kappa shape index (κ3) is 7.81. The van der Waals surface area contributed by atoms with Crippen molar-refractivity contribution in [2.24, 2.45) is 11.7 Å². The zero-order valence-electron chi connectivity index (χ0n) is 10.9. The number of rotatable bonds is 6. The second kappa shape index (κ2) is 9.06. The molecule has 2 heteroatoms. The lowest BCUT2D eigenvalue weighted by atomic mass is 10.3. The van der Waals surface area contributed by atoms with Crippen LogP contribution in [0.3, 0.4) is 0 Å². The Kier molecular flexibility index (Phi) is 7.48. The molecule has 1 aromatic carbocycles. The number of para-hydroxylation sites is 1. The van der Waals surface area contributed by atoms with Gasteiger partial charge in [-0.25, -0.2) is 0 Å². The van der Waals surface area contributed by atoms with Crippen LogP contribution in [-0.2, 0) is 0 Å². The Balaban J connectivity index is 0.000000239. The van der Waals surface area contributed by atoms with E-state index in [9.17, 15) is 0 Å². The van der Waals surface area contributed by atoms with E-state index in [1.54, 1.807) is 0 Å². The molecule has 0 radical (unpaired) electrons. The van der Waals surface area contributed by atoms with Crippen molar-refractivity contribution < 1.29 is 4.74 Å². The van der Waals surface area contributed by atoms with E-state index >= 15 is 0 Å². The lowest BCUT2D eigenvalue weighted by Crippen LogP contribution is -1.98. The van der Waals surface area contributed by atoms with Crippen molar-refractivity contribution in [3.63, 3.8) is 0 Å². The molecule has 0 spiro atoms. The molecule has 2 rings (SSSR count). The second-order valence-corrected chi connectivity index (χ2v) is 4.55. The predicted molar refractivity (Wildman–Crippen MR) is 73.2 cm³/mol. The first-order valence-electron chi connectivity index (χ1n) is 6.74. The van der Waals surface area contributed by atoms with E-state index in [4.69, 9.17) is 10.5 Å². The van der Waals surface area contributed by atoms with Crippen molar-refractivity contribution in [1.29, 1.82) is 0 Å². The summed E-state index contributed by atoms with van der Waals surface area (Å²) in [6, 6.07) is 9.97. The summed E-state index contributed by atoms with van der Waals surface area (Å²) < 4.78 is 5.51. The second-order valence-electron chi connectivity index (χ2n) is 4.55. The van der Waals surface area contributed by atoms with Crippen molar-refractivity contribution in [2.75, 3.05) is 13.2 Å². The number of ether oxygens (including phenoxy) is 1. The molecular weight excluding hydrogens is 210 g/mol. The molecule has 1 fully saturated rings. The topological polar surface area (TPSA) is 35.2 Å². The highest BCUT2D eigenvalue weighted by molar-refractivity contribution is 5.20. The van der Waals surface area contributed by atoms with E-state index in [2.05, 4.69) is 6.92 Å². The molecule has 96 valence electrons. The fraction of sp³-hybridized carbons (Fsp3) is 0.600. The lowest BCUT2D eigenvalue weighted by Gasteiger charge is -2.04. The van der Waals surface area contributed by atoms with Gasteiger partial charge in [0.15, 0.2) is 0 Å². The lowest BCUT2D eigenvalue weighted by molar-refractivity contribution is 0.306. The highest BCUT2D eigenvalue weighted by Crippen LogP contribution is 2.26. The average Bonchev–Trinajstić information content (AvgIpc) is 3.21. The van der Waals surface area contributed by atoms with E-state index in [0.29, 0.717) is 0 Å². The summed E-state index contributed by atoms with van der Waals surface area (Å²) in [6.45, 7) is 3.96. The summed E-state index contributed by atoms with van der Waals surface area (Å²) in [4.78, 5) is 0. The first-order valence-corrected chi connectivity index (χ1v) is 6.74. The first kappa shape index (κ1) is 14.0. The van der Waals surface area contributed by atoms with Crippen molar-refractivity contribution in [2.45, 2.75) is 39.0 Å². The van der Waals surface area contributed by atoms with Gasteiger partial charge >= 0.3 is 0 Å². The summed E-state index contributed by atoms with van der Waals surface area (Å²) in [5.74, 6) is 1.89. The minimum atomic E-state index is 0.845. The summed E-state index contributed by atoms with van der Waals surface area (Å²) in [7, 11) is 0. The highest BCUT2D eigenvalue weighted by atomic mass is 16.5. The van der Waals surface area contributed by atoms with Crippen LogP contribution in [0, 0.1) is 5.92 Å². The maximum Gasteiger partial charge on any atom is 0.119 e. The van der Waals surface area contributed by atoms with Crippen molar-refractivity contribution in [3.05, 3.63) is 30.3 Å². The van der Waals surface area contributed by atoms with Crippen LogP contribution in [0.1, 0.15) is 39.0 Å². The molecule has 1 aliphatic carbocycles. The van der Waals surface area contributed by atoms with Crippen LogP contribution in [0.25, 0.3) is 0 Å². The Hall–Kier alpha value is -1.02. The van der Waals surface area contributed by atoms with Crippen LogP contribution in [-0.4, -0.2) is 13.2 Å². The molecule has 0 amide bonds. The van der Waals surface area contributed by atoms with Crippen molar-refractivity contribution in [3.8, 4) is 5.75 Å². The van der Waals surface area contributed by atoms with Gasteiger partial charge in [-0.3, -0.25) is 0 Å². The molecule has 0 atom stereocenters. The van der Waals surface area contributed by atoms with Gasteiger partial charge in [-0.15, -0.1) is 0 Å². The van der Waals surface area contributed by atoms with Crippen molar-refractivity contribution >= 4 is 0 Å². The maximum atomic E-state index is 5.51. The fourth-order valence-corrected chi connectivity index (χ4v) is 1.41. The number of unbranched alkanes of at least 4 members (excludes halogenated alkanes) is 2. The Morgan fingerprint density at radius 1 is 1.18 bits per heavy atom. The zero-order chi connectivity index (χ0) is 12.3. The molecule has 2 N–H and O–H groups in total. The Morgan fingerprint density at radius 3 is 2.35 bits per heavy atom. The summed E-state index contributed by atoms with van der Waals surface area (Å²) >= 11 is 0. The molecule has 0 saturated heterocycles. The molecule has 0 heterocycles. The normalized spacial score (nSPS) is 13.8. The third-order valence-electron chi connectivity index (χ3n) is 2.79. The van der Waals surface area contributed by atoms with Crippen LogP contribution in [0.2, 0.25) is 0 Å². The molecule has 0 aromatic heterocycles. The fourth-order valence-electron chi connectivity index (χ4n) is 1.41. The largest absolute Gasteiger partial charge is 0.494 e. The molecule has 0 unspecified atom stereocenters. The van der Waals surface area contributed by atoms with Gasteiger partial charge in [0.1, 0.15) is 5.75 Å². The van der Waals surface area contributed by atoms with E-state index in [0.717, 1.165) is 31.2 Å². The standard InChI is InChI=1S/C11H16O.C4H9N/c1-2-3-7-10-12-11-8-5-4-6-9-11;5-3-4-1-2-4/h4-6,8-9H,2-3,7,10H2,1H3;4H,1-3,5H2. The Bertz CT molecular complexity index is 270. The SMILES string of the molecule is CCCCCOc1ccccc1.NCC1CC1. The van der Waals surface area contributed by atoms with Crippen LogP contribution >= 0.6 is 0 Å². The monoisotopic (exact) mass is 235 g/mol. The molecule has 17 heavy (non-hydrogen) atoms. The minimum absolute atomic E-state index is 0.845. The van der Waals surface area contributed by atoms with Crippen molar-refractivity contribution in [1.82, 2.24) is 0 Å². The van der Waals surface area contributed by atoms with Gasteiger partial charge in [0.2, 0.25) is 0 Å². The van der Waals surface area contributed by atoms with Crippen LogP contribution in [0.5, 0.6) is 5.75 Å². The first-order chi connectivity index (χ1) is 8.36. The summed E-state index contributed by atoms with van der Waals surface area (Å²) in [6.07, 6.45) is 6.43. The molecule has 1 aliphatic rings. The number of hydrogen-bond donors (Lipinski definition) is 1. The van der Waals surface area contributed by atoms with Gasteiger partial charge in [0, 0.05) is 0 Å². The predicted octanol–water partition coefficient (Wildman–Crippen LogP) is 3.61. The molecular formula is C15H25NO. The van der Waals surface area contributed by atoms with E-state index < -0.39 is 0 Å². The van der Waals surface area contributed by atoms with E-state index in [1.807, 2.05) is 30.3 Å². The van der Waals surface area contributed by atoms with E-state index in [1.165, 1.54) is 25.7 Å². The van der Waals surface area contributed by atoms with Gasteiger partial charge in [0.05, 0.1) is 6.61 Å². The third-order valence-corrected chi connectivity index (χ3v) is 2.79. The highest BCUT2D eigenvalue weighted by Gasteiger charge is 2.17. The minimum Gasteiger partial charge on any atom is -0.494 e. The molecule has 2 nitrogen and oxygen atoms in total. The van der Waals surface area contributed by atoms with Crippen LogP contribution in [0.4, 0.5) is 0 Å². The molecule has 0 aliphatic heterocycles. The quantitative estimate of drug-likeness (QED) is 0.764.